The summed E-state index contributed by atoms with van der Waals surface area (Å²) in [5.74, 6) is 0.521. The molecule has 0 radical (unpaired) electrons. The molecule has 0 atom stereocenters. The summed E-state index contributed by atoms with van der Waals surface area (Å²) in [6.45, 7) is -0.395. The fourth-order valence-electron chi connectivity index (χ4n) is 1.62. The molecule has 0 bridgehead atoms. The lowest BCUT2D eigenvalue weighted by Crippen LogP contribution is -2.13. The molecular formula is C12H11Br2NO5S. The van der Waals surface area contributed by atoms with Crippen molar-refractivity contribution in [3.8, 4) is 5.75 Å². The highest BCUT2D eigenvalue weighted by atomic mass is 79.9. The Kier molecular flexibility index (Phi) is 4.97. The number of methoxy groups -OCH3 is 1. The summed E-state index contributed by atoms with van der Waals surface area (Å²) < 4.78 is 38.1. The van der Waals surface area contributed by atoms with Crippen LogP contribution in [0, 0.1) is 0 Å². The zero-order valence-corrected chi connectivity index (χ0v) is 14.7. The predicted octanol–water partition coefficient (Wildman–Crippen LogP) is 3.11. The monoisotopic (exact) mass is 439 g/mol. The van der Waals surface area contributed by atoms with Gasteiger partial charge in [-0.25, -0.2) is 8.42 Å². The minimum atomic E-state index is -3.89. The Bertz CT molecular complexity index is 757. The van der Waals surface area contributed by atoms with E-state index in [4.69, 9.17) is 14.3 Å². The maximum Gasteiger partial charge on any atom is 0.266 e. The van der Waals surface area contributed by atoms with Gasteiger partial charge in [0.25, 0.3) is 10.0 Å². The van der Waals surface area contributed by atoms with E-state index < -0.39 is 16.6 Å². The molecule has 0 unspecified atom stereocenters. The van der Waals surface area contributed by atoms with E-state index in [0.717, 1.165) is 0 Å². The number of furan rings is 1. The van der Waals surface area contributed by atoms with Crippen LogP contribution in [0.25, 0.3) is 0 Å². The second-order valence-corrected chi connectivity index (χ2v) is 7.25. The molecule has 2 aromatic rings. The average Bonchev–Trinajstić information content (AvgIpc) is 2.81. The third-order valence-electron chi connectivity index (χ3n) is 2.56. The summed E-state index contributed by atoms with van der Waals surface area (Å²) in [5, 5.41) is 8.99. The first-order chi connectivity index (χ1) is 9.87. The van der Waals surface area contributed by atoms with Gasteiger partial charge in [0.15, 0.2) is 4.67 Å². The van der Waals surface area contributed by atoms with E-state index in [-0.39, 0.29) is 21.0 Å². The highest BCUT2D eigenvalue weighted by Crippen LogP contribution is 2.32. The van der Waals surface area contributed by atoms with E-state index >= 15 is 0 Å². The Morgan fingerprint density at radius 2 is 2.05 bits per heavy atom. The summed E-state index contributed by atoms with van der Waals surface area (Å²) in [5.41, 5.74) is 0.283. The fraction of sp³-hybridized carbons (Fsp3) is 0.167. The van der Waals surface area contributed by atoms with Crippen molar-refractivity contribution in [2.24, 2.45) is 0 Å². The third-order valence-corrected chi connectivity index (χ3v) is 5.27. The van der Waals surface area contributed by atoms with Crippen LogP contribution in [0.1, 0.15) is 5.76 Å². The fourth-order valence-corrected chi connectivity index (χ4v) is 4.04. The summed E-state index contributed by atoms with van der Waals surface area (Å²) in [6.07, 6.45) is 0. The standard InChI is InChI=1S/C12H11Br2NO5S/c1-19-10-3-2-7(13)4-9(10)15-21(17,18)11-5-8(6-16)20-12(11)14/h2-5,15-16H,6H2,1H3. The van der Waals surface area contributed by atoms with Crippen molar-refractivity contribution in [1.29, 1.82) is 0 Å². The Morgan fingerprint density at radius 1 is 1.33 bits per heavy atom. The Morgan fingerprint density at radius 3 is 2.62 bits per heavy atom. The molecule has 0 aliphatic rings. The molecule has 0 saturated carbocycles. The van der Waals surface area contributed by atoms with Crippen LogP contribution in [0.3, 0.4) is 0 Å². The van der Waals surface area contributed by atoms with Crippen LogP contribution in [0.2, 0.25) is 0 Å². The second kappa shape index (κ2) is 6.39. The Hall–Kier alpha value is -1.03. The van der Waals surface area contributed by atoms with Crippen LogP contribution in [-0.2, 0) is 16.6 Å². The van der Waals surface area contributed by atoms with Crippen molar-refractivity contribution in [1.82, 2.24) is 0 Å². The average molecular weight is 441 g/mol. The summed E-state index contributed by atoms with van der Waals surface area (Å²) in [4.78, 5) is -0.103. The number of rotatable bonds is 5. The van der Waals surface area contributed by atoms with E-state index in [1.807, 2.05) is 0 Å². The molecule has 0 amide bonds. The van der Waals surface area contributed by atoms with Crippen molar-refractivity contribution in [2.75, 3.05) is 11.8 Å². The van der Waals surface area contributed by atoms with Gasteiger partial charge in [-0.2, -0.15) is 0 Å². The lowest BCUT2D eigenvalue weighted by molar-refractivity contribution is 0.245. The first-order valence-corrected chi connectivity index (χ1v) is 8.69. The highest BCUT2D eigenvalue weighted by molar-refractivity contribution is 9.10. The highest BCUT2D eigenvalue weighted by Gasteiger charge is 2.23. The maximum absolute atomic E-state index is 12.4. The van der Waals surface area contributed by atoms with Crippen LogP contribution in [0.4, 0.5) is 5.69 Å². The first-order valence-electron chi connectivity index (χ1n) is 5.63. The van der Waals surface area contributed by atoms with Crippen molar-refractivity contribution >= 4 is 47.6 Å². The molecule has 0 saturated heterocycles. The lowest BCUT2D eigenvalue weighted by Gasteiger charge is -2.11. The van der Waals surface area contributed by atoms with Gasteiger partial charge in [-0.05, 0) is 34.1 Å². The molecular weight excluding hydrogens is 430 g/mol. The van der Waals surface area contributed by atoms with Crippen molar-refractivity contribution in [3.63, 3.8) is 0 Å². The number of benzene rings is 1. The molecule has 2 rings (SSSR count). The van der Waals surface area contributed by atoms with Crippen molar-refractivity contribution in [3.05, 3.63) is 39.2 Å². The molecule has 0 aliphatic heterocycles. The molecule has 0 fully saturated rings. The van der Waals surface area contributed by atoms with Gasteiger partial charge in [0.2, 0.25) is 0 Å². The molecule has 21 heavy (non-hydrogen) atoms. The Balaban J connectivity index is 2.41. The number of aliphatic hydroxyl groups is 1. The van der Waals surface area contributed by atoms with Crippen LogP contribution in [0.5, 0.6) is 5.75 Å². The second-order valence-electron chi connectivity index (χ2n) is 3.96. The van der Waals surface area contributed by atoms with Gasteiger partial charge in [-0.1, -0.05) is 15.9 Å². The molecule has 0 aliphatic carbocycles. The quantitative estimate of drug-likeness (QED) is 0.745. The van der Waals surface area contributed by atoms with Crippen LogP contribution in [0.15, 0.2) is 42.7 Å². The van der Waals surface area contributed by atoms with Crippen molar-refractivity contribution < 1.29 is 22.7 Å². The molecule has 0 spiro atoms. The molecule has 6 nitrogen and oxygen atoms in total. The van der Waals surface area contributed by atoms with Gasteiger partial charge < -0.3 is 14.3 Å². The van der Waals surface area contributed by atoms with Crippen LogP contribution in [-0.4, -0.2) is 20.6 Å². The van der Waals surface area contributed by atoms with Gasteiger partial charge in [-0.3, -0.25) is 4.72 Å². The summed E-state index contributed by atoms with van der Waals surface area (Å²) >= 11 is 6.29. The van der Waals surface area contributed by atoms with Gasteiger partial charge >= 0.3 is 0 Å². The number of aliphatic hydroxyl groups excluding tert-OH is 1. The van der Waals surface area contributed by atoms with Gasteiger partial charge in [0.05, 0.1) is 12.8 Å². The van der Waals surface area contributed by atoms with Gasteiger partial charge in [-0.15, -0.1) is 0 Å². The zero-order valence-electron chi connectivity index (χ0n) is 10.8. The largest absolute Gasteiger partial charge is 0.495 e. The number of hydrogen-bond acceptors (Lipinski definition) is 5. The summed E-state index contributed by atoms with van der Waals surface area (Å²) in [7, 11) is -2.44. The molecule has 2 N–H and O–H groups in total. The van der Waals surface area contributed by atoms with E-state index in [9.17, 15) is 8.42 Å². The van der Waals surface area contributed by atoms with E-state index in [0.29, 0.717) is 10.2 Å². The topological polar surface area (TPSA) is 88.8 Å². The number of halogens is 2. The van der Waals surface area contributed by atoms with Crippen LogP contribution < -0.4 is 9.46 Å². The predicted molar refractivity (Wildman–Crippen MR) is 83.8 cm³/mol. The van der Waals surface area contributed by atoms with E-state index in [1.54, 1.807) is 18.2 Å². The lowest BCUT2D eigenvalue weighted by atomic mass is 10.3. The van der Waals surface area contributed by atoms with Gasteiger partial charge in [0, 0.05) is 10.5 Å². The Labute approximate surface area is 138 Å². The summed E-state index contributed by atoms with van der Waals surface area (Å²) in [6, 6.07) is 6.19. The number of hydrogen-bond donors (Lipinski definition) is 2. The van der Waals surface area contributed by atoms with E-state index in [2.05, 4.69) is 36.6 Å². The minimum Gasteiger partial charge on any atom is -0.495 e. The molecule has 114 valence electrons. The smallest absolute Gasteiger partial charge is 0.266 e. The normalized spacial score (nSPS) is 11.4. The molecule has 9 heteroatoms. The van der Waals surface area contributed by atoms with Gasteiger partial charge in [0.1, 0.15) is 23.0 Å². The van der Waals surface area contributed by atoms with Crippen LogP contribution >= 0.6 is 31.9 Å². The van der Waals surface area contributed by atoms with Crippen molar-refractivity contribution in [2.45, 2.75) is 11.5 Å². The number of anilines is 1. The number of ether oxygens (including phenoxy) is 1. The first kappa shape index (κ1) is 16.3. The maximum atomic E-state index is 12.4. The molecule has 1 aromatic carbocycles. The minimum absolute atomic E-state index is 0.0213. The third kappa shape index (κ3) is 3.60. The SMILES string of the molecule is COc1ccc(Br)cc1NS(=O)(=O)c1cc(CO)oc1Br. The zero-order chi connectivity index (χ0) is 15.6. The molecule has 1 aromatic heterocycles. The molecule has 1 heterocycles. The van der Waals surface area contributed by atoms with E-state index in [1.165, 1.54) is 13.2 Å². The number of sulfonamides is 1. The number of nitrogens with one attached hydrogen (secondary N) is 1.